The molecule has 2 rings (SSSR count). The number of rotatable bonds is 9. The first kappa shape index (κ1) is 23.7. The Kier molecular flexibility index (Phi) is 8.95. The van der Waals surface area contributed by atoms with Crippen molar-refractivity contribution in [3.8, 4) is 0 Å². The van der Waals surface area contributed by atoms with Gasteiger partial charge in [-0.2, -0.15) is 0 Å². The monoisotopic (exact) mass is 426 g/mol. The van der Waals surface area contributed by atoms with Crippen LogP contribution in [0.1, 0.15) is 47.5 Å². The number of halogens is 1. The Morgan fingerprint density at radius 2 is 1.38 bits per heavy atom. The van der Waals surface area contributed by atoms with Gasteiger partial charge in [-0.1, -0.05) is 105 Å². The maximum absolute atomic E-state index is 6.91. The molecule has 1 nitrogen and oxygen atoms in total. The number of alkyl halides is 1. The van der Waals surface area contributed by atoms with Gasteiger partial charge in [0.25, 0.3) is 8.32 Å². The standard InChI is InChI=1S/C26H35ClOSi/c1-22(13-12-14-23(2)21-27)19-20-28-29(26(3,4)5,24-15-8-6-9-16-24)25-17-10-7-11-18-25/h6-11,14-19H,12-13,20-21H2,1-5H3/b22-19+,23-14+. The highest BCUT2D eigenvalue weighted by Gasteiger charge is 2.49. The second-order valence-corrected chi connectivity index (χ2v) is 13.3. The van der Waals surface area contributed by atoms with Crippen molar-refractivity contribution in [3.05, 3.63) is 84.0 Å². The maximum atomic E-state index is 6.91. The Hall–Kier alpha value is -1.61. The summed E-state index contributed by atoms with van der Waals surface area (Å²) in [7, 11) is -2.45. The van der Waals surface area contributed by atoms with Gasteiger partial charge in [0, 0.05) is 5.88 Å². The van der Waals surface area contributed by atoms with Crippen LogP contribution in [0.25, 0.3) is 0 Å². The van der Waals surface area contributed by atoms with Crippen LogP contribution in [0, 0.1) is 0 Å². The largest absolute Gasteiger partial charge is 0.404 e. The third-order valence-electron chi connectivity index (χ3n) is 5.39. The fraction of sp³-hybridized carbons (Fsp3) is 0.385. The first-order valence-corrected chi connectivity index (χ1v) is 12.9. The molecule has 29 heavy (non-hydrogen) atoms. The Bertz CT molecular complexity index is 764. The van der Waals surface area contributed by atoms with E-state index in [4.69, 9.17) is 16.0 Å². The van der Waals surface area contributed by atoms with Gasteiger partial charge in [-0.25, -0.2) is 0 Å². The van der Waals surface area contributed by atoms with Crippen molar-refractivity contribution in [2.45, 2.75) is 52.5 Å². The Balaban J connectivity index is 2.31. The van der Waals surface area contributed by atoms with Gasteiger partial charge in [0.15, 0.2) is 0 Å². The van der Waals surface area contributed by atoms with Crippen LogP contribution in [0.2, 0.25) is 5.04 Å². The summed E-state index contributed by atoms with van der Waals surface area (Å²) in [4.78, 5) is 0. The molecule has 0 amide bonds. The van der Waals surface area contributed by atoms with Gasteiger partial charge >= 0.3 is 0 Å². The number of allylic oxidation sites excluding steroid dienone is 3. The van der Waals surface area contributed by atoms with Gasteiger partial charge in [0.1, 0.15) is 0 Å². The van der Waals surface area contributed by atoms with Gasteiger partial charge in [-0.15, -0.1) is 11.6 Å². The molecule has 0 aliphatic carbocycles. The highest BCUT2D eigenvalue weighted by atomic mass is 35.5. The highest BCUT2D eigenvalue weighted by molar-refractivity contribution is 6.99. The molecule has 0 atom stereocenters. The van der Waals surface area contributed by atoms with Gasteiger partial charge in [0.05, 0.1) is 6.61 Å². The minimum atomic E-state index is -2.45. The molecular weight excluding hydrogens is 392 g/mol. The average molecular weight is 427 g/mol. The molecule has 0 saturated heterocycles. The Morgan fingerprint density at radius 1 is 0.862 bits per heavy atom. The average Bonchev–Trinajstić information content (AvgIpc) is 2.71. The van der Waals surface area contributed by atoms with Crippen molar-refractivity contribution < 1.29 is 4.43 Å². The summed E-state index contributed by atoms with van der Waals surface area (Å²) < 4.78 is 6.91. The van der Waals surface area contributed by atoms with E-state index < -0.39 is 8.32 Å². The maximum Gasteiger partial charge on any atom is 0.261 e. The van der Waals surface area contributed by atoms with Crippen LogP contribution < -0.4 is 10.4 Å². The van der Waals surface area contributed by atoms with Gasteiger partial charge in [0.2, 0.25) is 0 Å². The van der Waals surface area contributed by atoms with Crippen molar-refractivity contribution in [1.29, 1.82) is 0 Å². The molecule has 3 heteroatoms. The molecule has 0 N–H and O–H groups in total. The summed E-state index contributed by atoms with van der Waals surface area (Å²) in [5.74, 6) is 0.611. The summed E-state index contributed by atoms with van der Waals surface area (Å²) in [6.07, 6.45) is 6.55. The third-order valence-corrected chi connectivity index (χ3v) is 10.8. The highest BCUT2D eigenvalue weighted by Crippen LogP contribution is 2.36. The first-order valence-electron chi connectivity index (χ1n) is 10.4. The number of hydrogen-bond acceptors (Lipinski definition) is 1. The summed E-state index contributed by atoms with van der Waals surface area (Å²) >= 11 is 5.86. The van der Waals surface area contributed by atoms with Crippen LogP contribution in [-0.4, -0.2) is 20.8 Å². The van der Waals surface area contributed by atoms with Crippen LogP contribution in [0.3, 0.4) is 0 Å². The molecule has 0 aromatic heterocycles. The second-order valence-electron chi connectivity index (χ2n) is 8.75. The number of benzene rings is 2. The van der Waals surface area contributed by atoms with E-state index in [1.807, 2.05) is 0 Å². The molecule has 0 saturated carbocycles. The fourth-order valence-electron chi connectivity index (χ4n) is 3.77. The zero-order valence-corrected chi connectivity index (χ0v) is 20.3. The van der Waals surface area contributed by atoms with E-state index in [0.29, 0.717) is 12.5 Å². The van der Waals surface area contributed by atoms with Crippen LogP contribution in [0.15, 0.2) is 84.0 Å². The van der Waals surface area contributed by atoms with E-state index in [0.717, 1.165) is 12.8 Å². The lowest BCUT2D eigenvalue weighted by atomic mass is 10.1. The topological polar surface area (TPSA) is 9.23 Å². The van der Waals surface area contributed by atoms with Crippen LogP contribution in [0.5, 0.6) is 0 Å². The van der Waals surface area contributed by atoms with Crippen molar-refractivity contribution in [1.82, 2.24) is 0 Å². The molecule has 0 radical (unpaired) electrons. The predicted octanol–water partition coefficient (Wildman–Crippen LogP) is 6.47. The fourth-order valence-corrected chi connectivity index (χ4v) is 8.37. The molecule has 0 heterocycles. The molecule has 0 bridgehead atoms. The van der Waals surface area contributed by atoms with Crippen molar-refractivity contribution in [2.75, 3.05) is 12.5 Å². The normalized spacial score (nSPS) is 13.6. The van der Waals surface area contributed by atoms with Gasteiger partial charge in [-0.05, 0) is 42.1 Å². The van der Waals surface area contributed by atoms with Crippen LogP contribution in [0.4, 0.5) is 0 Å². The minimum Gasteiger partial charge on any atom is -0.404 e. The molecule has 0 aliphatic rings. The van der Waals surface area contributed by atoms with E-state index in [-0.39, 0.29) is 5.04 Å². The van der Waals surface area contributed by atoms with Crippen LogP contribution >= 0.6 is 11.6 Å². The Labute approximate surface area is 183 Å². The lowest BCUT2D eigenvalue weighted by molar-refractivity contribution is 0.338. The molecule has 2 aromatic carbocycles. The summed E-state index contributed by atoms with van der Waals surface area (Å²) in [5.41, 5.74) is 2.60. The summed E-state index contributed by atoms with van der Waals surface area (Å²) in [6.45, 7) is 11.9. The molecule has 2 aromatic rings. The quantitative estimate of drug-likeness (QED) is 0.253. The van der Waals surface area contributed by atoms with E-state index in [2.05, 4.69) is 107 Å². The minimum absolute atomic E-state index is 0.0116. The number of hydrogen-bond donors (Lipinski definition) is 0. The molecular formula is C26H35ClOSi. The summed E-state index contributed by atoms with van der Waals surface area (Å²) in [5, 5.41) is 2.66. The van der Waals surface area contributed by atoms with E-state index in [9.17, 15) is 0 Å². The smallest absolute Gasteiger partial charge is 0.261 e. The molecule has 0 fully saturated rings. The second kappa shape index (κ2) is 11.0. The third kappa shape index (κ3) is 6.18. The zero-order valence-electron chi connectivity index (χ0n) is 18.5. The van der Waals surface area contributed by atoms with Gasteiger partial charge < -0.3 is 4.43 Å². The van der Waals surface area contributed by atoms with E-state index in [1.165, 1.54) is 21.5 Å². The molecule has 0 unspecified atom stereocenters. The SMILES string of the molecule is C/C(=C\CC/C(C)=C/CO[Si](c1ccccc1)(c1ccccc1)C(C)(C)C)CCl. The predicted molar refractivity (Wildman–Crippen MR) is 131 cm³/mol. The van der Waals surface area contributed by atoms with E-state index in [1.54, 1.807) is 0 Å². The zero-order chi connectivity index (χ0) is 21.3. The molecule has 156 valence electrons. The lowest BCUT2D eigenvalue weighted by Gasteiger charge is -2.42. The molecule has 0 aliphatic heterocycles. The van der Waals surface area contributed by atoms with Crippen molar-refractivity contribution in [2.24, 2.45) is 0 Å². The first-order chi connectivity index (χ1) is 13.8. The van der Waals surface area contributed by atoms with Gasteiger partial charge in [-0.3, -0.25) is 0 Å². The Morgan fingerprint density at radius 3 is 1.83 bits per heavy atom. The lowest BCUT2D eigenvalue weighted by Crippen LogP contribution is -2.66. The molecule has 0 spiro atoms. The van der Waals surface area contributed by atoms with Crippen molar-refractivity contribution >= 4 is 30.3 Å². The van der Waals surface area contributed by atoms with Crippen molar-refractivity contribution in [3.63, 3.8) is 0 Å². The summed E-state index contributed by atoms with van der Waals surface area (Å²) in [6, 6.07) is 21.6. The van der Waals surface area contributed by atoms with Crippen LogP contribution in [-0.2, 0) is 4.43 Å². The van der Waals surface area contributed by atoms with E-state index >= 15 is 0 Å².